The monoisotopic (exact) mass is 279 g/mol. The number of carbonyl (C=O) groups excluding carboxylic acids is 2. The predicted octanol–water partition coefficient (Wildman–Crippen LogP) is 2.79. The van der Waals surface area contributed by atoms with E-state index in [9.17, 15) is 9.59 Å². The summed E-state index contributed by atoms with van der Waals surface area (Å²) >= 11 is 0. The van der Waals surface area contributed by atoms with Gasteiger partial charge in [-0.1, -0.05) is 30.4 Å². The number of anilines is 1. The lowest BCUT2D eigenvalue weighted by atomic mass is 9.94. The highest BCUT2D eigenvalue weighted by Gasteiger charge is 2.40. The second kappa shape index (κ2) is 5.17. The Labute approximate surface area is 124 Å². The zero-order chi connectivity index (χ0) is 15.0. The van der Waals surface area contributed by atoms with Gasteiger partial charge in [0.15, 0.2) is 11.6 Å². The van der Waals surface area contributed by atoms with Gasteiger partial charge < -0.3 is 4.90 Å². The number of nitrogens with zero attached hydrogens (tertiary/aromatic N) is 1. The second-order valence-electron chi connectivity index (χ2n) is 5.58. The third-order valence-corrected chi connectivity index (χ3v) is 3.97. The van der Waals surface area contributed by atoms with Crippen LogP contribution in [0, 0.1) is 5.92 Å². The van der Waals surface area contributed by atoms with Crippen LogP contribution in [0.1, 0.15) is 12.0 Å². The van der Waals surface area contributed by atoms with Gasteiger partial charge in [0, 0.05) is 25.4 Å². The molecule has 0 radical (unpaired) electrons. The largest absolute Gasteiger partial charge is 0.378 e. The van der Waals surface area contributed by atoms with Crippen LogP contribution in [-0.2, 0) is 9.59 Å². The molecule has 3 rings (SSSR count). The summed E-state index contributed by atoms with van der Waals surface area (Å²) in [7, 11) is 3.95. The Morgan fingerprint density at radius 2 is 1.86 bits per heavy atom. The van der Waals surface area contributed by atoms with E-state index in [-0.39, 0.29) is 17.5 Å². The first-order valence-electron chi connectivity index (χ1n) is 7.02. The molecule has 2 aliphatic rings. The molecular weight excluding hydrogens is 262 g/mol. The number of Topliss-reactive ketones (excluding diaryl/α,β-unsaturated/α-hetero) is 2. The molecule has 0 bridgehead atoms. The molecule has 2 aliphatic carbocycles. The quantitative estimate of drug-likeness (QED) is 0.617. The average molecular weight is 279 g/mol. The minimum absolute atomic E-state index is 0.0488. The molecule has 1 aromatic rings. The lowest BCUT2D eigenvalue weighted by molar-refractivity contribution is -0.117. The maximum atomic E-state index is 12.4. The van der Waals surface area contributed by atoms with E-state index in [1.807, 2.05) is 55.4 Å². The summed E-state index contributed by atoms with van der Waals surface area (Å²) in [5, 5.41) is 0. The molecule has 3 nitrogen and oxygen atoms in total. The Kier molecular flexibility index (Phi) is 3.34. The van der Waals surface area contributed by atoms with Crippen molar-refractivity contribution in [1.29, 1.82) is 0 Å². The van der Waals surface area contributed by atoms with Crippen LogP contribution in [0.2, 0.25) is 0 Å². The number of fused-ring (bicyclic) bond motifs is 1. The first-order valence-corrected chi connectivity index (χ1v) is 7.02. The van der Waals surface area contributed by atoms with E-state index in [1.54, 1.807) is 12.2 Å². The maximum Gasteiger partial charge on any atom is 0.193 e. The molecule has 0 unspecified atom stereocenters. The van der Waals surface area contributed by atoms with Crippen molar-refractivity contribution in [3.63, 3.8) is 0 Å². The van der Waals surface area contributed by atoms with Gasteiger partial charge in [-0.3, -0.25) is 9.59 Å². The SMILES string of the molecule is CN(C)c1ccc(C=C2C(=O)C3=CC=CC[C@H]3C2=O)cc1. The lowest BCUT2D eigenvalue weighted by Crippen LogP contribution is -2.09. The topological polar surface area (TPSA) is 37.4 Å². The summed E-state index contributed by atoms with van der Waals surface area (Å²) in [6, 6.07) is 7.81. The van der Waals surface area contributed by atoms with Crippen molar-refractivity contribution in [2.45, 2.75) is 6.42 Å². The third kappa shape index (κ3) is 2.35. The van der Waals surface area contributed by atoms with Crippen molar-refractivity contribution in [1.82, 2.24) is 0 Å². The van der Waals surface area contributed by atoms with Gasteiger partial charge in [-0.15, -0.1) is 0 Å². The van der Waals surface area contributed by atoms with E-state index in [2.05, 4.69) is 0 Å². The number of allylic oxidation sites excluding steroid dienone is 5. The van der Waals surface area contributed by atoms with Gasteiger partial charge in [-0.05, 0) is 30.2 Å². The van der Waals surface area contributed by atoms with Gasteiger partial charge in [0.25, 0.3) is 0 Å². The fourth-order valence-corrected chi connectivity index (χ4v) is 2.74. The van der Waals surface area contributed by atoms with Gasteiger partial charge in [-0.2, -0.15) is 0 Å². The number of ketones is 2. The summed E-state index contributed by atoms with van der Waals surface area (Å²) in [5.74, 6) is -0.437. The van der Waals surface area contributed by atoms with Crippen molar-refractivity contribution in [3.8, 4) is 0 Å². The van der Waals surface area contributed by atoms with Crippen LogP contribution in [0.3, 0.4) is 0 Å². The van der Waals surface area contributed by atoms with Crippen LogP contribution < -0.4 is 4.90 Å². The summed E-state index contributed by atoms with van der Waals surface area (Å²) in [6.07, 6.45) is 7.90. The Hall–Kier alpha value is -2.42. The minimum atomic E-state index is -0.269. The summed E-state index contributed by atoms with van der Waals surface area (Å²) < 4.78 is 0. The van der Waals surface area contributed by atoms with Crippen LogP contribution in [0.25, 0.3) is 6.08 Å². The van der Waals surface area contributed by atoms with E-state index < -0.39 is 0 Å². The van der Waals surface area contributed by atoms with Crippen LogP contribution >= 0.6 is 0 Å². The highest BCUT2D eigenvalue weighted by atomic mass is 16.2. The van der Waals surface area contributed by atoms with E-state index in [0.29, 0.717) is 17.6 Å². The molecule has 0 heterocycles. The third-order valence-electron chi connectivity index (χ3n) is 3.97. The van der Waals surface area contributed by atoms with Crippen molar-refractivity contribution >= 4 is 23.3 Å². The van der Waals surface area contributed by atoms with E-state index in [1.165, 1.54) is 0 Å². The van der Waals surface area contributed by atoms with Crippen LogP contribution in [0.4, 0.5) is 5.69 Å². The molecule has 1 atom stereocenters. The first kappa shape index (κ1) is 13.6. The molecule has 3 heteroatoms. The number of hydrogen-bond donors (Lipinski definition) is 0. The molecule has 0 aromatic heterocycles. The highest BCUT2D eigenvalue weighted by Crippen LogP contribution is 2.35. The number of benzene rings is 1. The average Bonchev–Trinajstić information content (AvgIpc) is 2.73. The fourth-order valence-electron chi connectivity index (χ4n) is 2.74. The molecule has 1 saturated carbocycles. The zero-order valence-electron chi connectivity index (χ0n) is 12.2. The molecule has 21 heavy (non-hydrogen) atoms. The van der Waals surface area contributed by atoms with Gasteiger partial charge >= 0.3 is 0 Å². The predicted molar refractivity (Wildman–Crippen MR) is 84.1 cm³/mol. The first-order chi connectivity index (χ1) is 10.1. The molecule has 0 N–H and O–H groups in total. The standard InChI is InChI=1S/C18H17NO2/c1-19(2)13-9-7-12(8-10-13)11-16-17(20)14-5-3-4-6-15(14)18(16)21/h3-5,7-11,15H,6H2,1-2H3/t15-/m1/s1. The Bertz CT molecular complexity index is 690. The summed E-state index contributed by atoms with van der Waals surface area (Å²) in [4.78, 5) is 26.7. The normalized spacial score (nSPS) is 22.5. The van der Waals surface area contributed by atoms with Crippen LogP contribution in [0.15, 0.2) is 53.6 Å². The van der Waals surface area contributed by atoms with Gasteiger partial charge in [-0.25, -0.2) is 0 Å². The highest BCUT2D eigenvalue weighted by molar-refractivity contribution is 6.36. The molecule has 1 fully saturated rings. The Morgan fingerprint density at radius 1 is 1.14 bits per heavy atom. The van der Waals surface area contributed by atoms with E-state index in [0.717, 1.165) is 11.3 Å². The number of rotatable bonds is 2. The second-order valence-corrected chi connectivity index (χ2v) is 5.58. The smallest absolute Gasteiger partial charge is 0.193 e. The molecule has 0 spiro atoms. The Balaban J connectivity index is 1.93. The summed E-state index contributed by atoms with van der Waals surface area (Å²) in [6.45, 7) is 0. The molecular formula is C18H17NO2. The van der Waals surface area contributed by atoms with Gasteiger partial charge in [0.2, 0.25) is 0 Å². The molecule has 0 saturated heterocycles. The van der Waals surface area contributed by atoms with Crippen molar-refractivity contribution in [2.75, 3.05) is 19.0 Å². The number of hydrogen-bond acceptors (Lipinski definition) is 3. The number of carbonyl (C=O) groups is 2. The van der Waals surface area contributed by atoms with Crippen molar-refractivity contribution in [2.24, 2.45) is 5.92 Å². The van der Waals surface area contributed by atoms with Crippen LogP contribution in [0.5, 0.6) is 0 Å². The molecule has 106 valence electrons. The molecule has 0 aliphatic heterocycles. The van der Waals surface area contributed by atoms with Crippen LogP contribution in [-0.4, -0.2) is 25.7 Å². The lowest BCUT2D eigenvalue weighted by Gasteiger charge is -2.11. The fraction of sp³-hybridized carbons (Fsp3) is 0.222. The Morgan fingerprint density at radius 3 is 2.48 bits per heavy atom. The van der Waals surface area contributed by atoms with Gasteiger partial charge in [0.05, 0.1) is 11.5 Å². The summed E-state index contributed by atoms with van der Waals surface area (Å²) in [5.41, 5.74) is 2.91. The molecule has 0 amide bonds. The maximum absolute atomic E-state index is 12.4. The van der Waals surface area contributed by atoms with Crippen molar-refractivity contribution in [3.05, 3.63) is 59.2 Å². The van der Waals surface area contributed by atoms with Gasteiger partial charge in [0.1, 0.15) is 0 Å². The minimum Gasteiger partial charge on any atom is -0.378 e. The van der Waals surface area contributed by atoms with E-state index in [4.69, 9.17) is 0 Å². The zero-order valence-corrected chi connectivity index (χ0v) is 12.2. The van der Waals surface area contributed by atoms with E-state index >= 15 is 0 Å². The molecule has 1 aromatic carbocycles. The van der Waals surface area contributed by atoms with Crippen molar-refractivity contribution < 1.29 is 9.59 Å².